The van der Waals surface area contributed by atoms with Gasteiger partial charge >= 0.3 is 35.5 Å². The van der Waals surface area contributed by atoms with Crippen molar-refractivity contribution in [2.24, 2.45) is 0 Å². The van der Waals surface area contributed by atoms with Crippen LogP contribution >= 0.6 is 0 Å². The van der Waals surface area contributed by atoms with E-state index in [0.717, 1.165) is 53.4 Å². The van der Waals surface area contributed by atoms with Gasteiger partial charge in [-0.1, -0.05) is 23.8 Å². The number of hydrogen-bond acceptors (Lipinski definition) is 5. The zero-order chi connectivity index (χ0) is 21.8. The van der Waals surface area contributed by atoms with E-state index in [1.165, 1.54) is 5.56 Å². The Bertz CT molecular complexity index is 1060. The molecule has 0 spiro atoms. The third kappa shape index (κ3) is 5.74. The molecule has 1 aliphatic heterocycles. The summed E-state index contributed by atoms with van der Waals surface area (Å²) in [6, 6.07) is 14.2. The summed E-state index contributed by atoms with van der Waals surface area (Å²) in [5, 5.41) is 9.02. The number of carboxylic acid groups (broad SMARTS) is 1. The normalized spacial score (nSPS) is 12.8. The Labute approximate surface area is 210 Å². The van der Waals surface area contributed by atoms with Crippen molar-refractivity contribution in [1.82, 2.24) is 4.98 Å². The molecule has 3 aromatic rings. The molecule has 7 heteroatoms. The molecule has 1 aliphatic rings. The average Bonchev–Trinajstić information content (AvgIpc) is 3.13. The molecular weight excluding hydrogens is 415 g/mol. The maximum atomic E-state index is 11.0. The zero-order valence-electron chi connectivity index (χ0n) is 18.1. The molecule has 0 unspecified atom stereocenters. The fourth-order valence-electron chi connectivity index (χ4n) is 4.00. The zero-order valence-corrected chi connectivity index (χ0v) is 18.1. The number of hydrogen-bond donors (Lipinski definition) is 1. The number of benzene rings is 2. The summed E-state index contributed by atoms with van der Waals surface area (Å²) in [6.07, 6.45) is 2.73. The minimum atomic E-state index is -0.771. The predicted molar refractivity (Wildman–Crippen MR) is 127 cm³/mol. The summed E-state index contributed by atoms with van der Waals surface area (Å²) in [5.74, 6) is 1.55. The molecule has 2 heterocycles. The number of oxazole rings is 1. The standard InChI is InChI=1S/C25H28N2O4.Na.H/c1-17-8-10-19(11-9-17)25-26-21(18(2)31-25)13-16-30-23-7-3-6-22-20(23)5-4-14-27(22)15-12-24(28)29;;/h3,6-11H,4-5,12-16H2,1-2H3,(H,28,29);;. The van der Waals surface area contributed by atoms with Crippen molar-refractivity contribution in [3.05, 3.63) is 65.0 Å². The summed E-state index contributed by atoms with van der Waals surface area (Å²) >= 11 is 0. The van der Waals surface area contributed by atoms with E-state index < -0.39 is 5.97 Å². The molecule has 164 valence electrons. The van der Waals surface area contributed by atoms with Crippen molar-refractivity contribution in [2.45, 2.75) is 39.5 Å². The van der Waals surface area contributed by atoms with Crippen molar-refractivity contribution >= 4 is 41.2 Å². The molecule has 0 radical (unpaired) electrons. The van der Waals surface area contributed by atoms with E-state index in [9.17, 15) is 4.79 Å². The van der Waals surface area contributed by atoms with Crippen LogP contribution in [0, 0.1) is 13.8 Å². The number of ether oxygens (including phenoxy) is 1. The molecule has 0 atom stereocenters. The Morgan fingerprint density at radius 1 is 1.19 bits per heavy atom. The number of carbonyl (C=O) groups is 1. The van der Waals surface area contributed by atoms with Gasteiger partial charge in [0, 0.05) is 36.3 Å². The van der Waals surface area contributed by atoms with Crippen molar-refractivity contribution in [2.75, 3.05) is 24.6 Å². The molecule has 1 aromatic heterocycles. The second-order valence-corrected chi connectivity index (χ2v) is 7.97. The molecule has 0 bridgehead atoms. The van der Waals surface area contributed by atoms with E-state index in [0.29, 0.717) is 25.5 Å². The average molecular weight is 445 g/mol. The van der Waals surface area contributed by atoms with E-state index in [4.69, 9.17) is 14.3 Å². The first-order chi connectivity index (χ1) is 15.0. The number of carboxylic acids is 1. The quantitative estimate of drug-likeness (QED) is 0.526. The van der Waals surface area contributed by atoms with Crippen molar-refractivity contribution in [3.8, 4) is 17.2 Å². The minimum absolute atomic E-state index is 0. The van der Waals surface area contributed by atoms with Crippen LogP contribution in [0.15, 0.2) is 46.9 Å². The van der Waals surface area contributed by atoms with Crippen LogP contribution in [0.25, 0.3) is 11.5 Å². The van der Waals surface area contributed by atoms with Gasteiger partial charge in [0.2, 0.25) is 5.89 Å². The topological polar surface area (TPSA) is 75.8 Å². The fraction of sp³-hybridized carbons (Fsp3) is 0.360. The van der Waals surface area contributed by atoms with Crippen molar-refractivity contribution < 1.29 is 19.1 Å². The number of aryl methyl sites for hydroxylation is 2. The van der Waals surface area contributed by atoms with Gasteiger partial charge in [-0.05, 0) is 51.0 Å². The molecular formula is C25H29N2NaO4. The third-order valence-corrected chi connectivity index (χ3v) is 5.69. The molecule has 32 heavy (non-hydrogen) atoms. The molecule has 6 nitrogen and oxygen atoms in total. The molecule has 1 N–H and O–H groups in total. The molecule has 0 amide bonds. The Morgan fingerprint density at radius 3 is 2.72 bits per heavy atom. The summed E-state index contributed by atoms with van der Waals surface area (Å²) < 4.78 is 12.0. The van der Waals surface area contributed by atoms with Gasteiger partial charge in [0.15, 0.2) is 0 Å². The van der Waals surface area contributed by atoms with Gasteiger partial charge in [-0.2, -0.15) is 0 Å². The van der Waals surface area contributed by atoms with Gasteiger partial charge in [-0.25, -0.2) is 4.98 Å². The molecule has 2 aromatic carbocycles. The van der Waals surface area contributed by atoms with Crippen LogP contribution in [0.1, 0.15) is 35.4 Å². The van der Waals surface area contributed by atoms with Gasteiger partial charge < -0.3 is 19.2 Å². The van der Waals surface area contributed by atoms with Crippen molar-refractivity contribution in [3.63, 3.8) is 0 Å². The van der Waals surface area contributed by atoms with E-state index in [2.05, 4.69) is 35.0 Å². The Morgan fingerprint density at radius 2 is 1.97 bits per heavy atom. The summed E-state index contributed by atoms with van der Waals surface area (Å²) in [7, 11) is 0. The first-order valence-electron chi connectivity index (χ1n) is 10.8. The summed E-state index contributed by atoms with van der Waals surface area (Å²) in [5.41, 5.74) is 5.33. The molecule has 4 rings (SSSR count). The Hall–Kier alpha value is -2.28. The second-order valence-electron chi connectivity index (χ2n) is 7.97. The van der Waals surface area contributed by atoms with Crippen LogP contribution < -0.4 is 9.64 Å². The van der Waals surface area contributed by atoms with Crippen molar-refractivity contribution in [1.29, 1.82) is 0 Å². The number of aromatic nitrogens is 1. The summed E-state index contributed by atoms with van der Waals surface area (Å²) in [6.45, 7) is 5.90. The molecule has 0 saturated heterocycles. The van der Waals surface area contributed by atoms with Crippen LogP contribution in [0.4, 0.5) is 5.69 Å². The monoisotopic (exact) mass is 444 g/mol. The number of aliphatic carboxylic acids is 1. The SMILES string of the molecule is Cc1ccc(-c2nc(CCOc3cccc4c3CCCN4CCC(=O)O)c(C)o2)cc1.[NaH]. The molecule has 0 aliphatic carbocycles. The van der Waals surface area contributed by atoms with Gasteiger partial charge in [0.25, 0.3) is 0 Å². The Kier molecular flexibility index (Phi) is 8.40. The van der Waals surface area contributed by atoms with Crippen LogP contribution in [0.3, 0.4) is 0 Å². The molecule has 0 fully saturated rings. The second kappa shape index (κ2) is 11.0. The number of anilines is 1. The van der Waals surface area contributed by atoms with Crippen LogP contribution in [0.2, 0.25) is 0 Å². The fourth-order valence-corrected chi connectivity index (χ4v) is 4.00. The van der Waals surface area contributed by atoms with Crippen LogP contribution in [-0.2, 0) is 17.6 Å². The van der Waals surface area contributed by atoms with Gasteiger partial charge in [-0.15, -0.1) is 0 Å². The maximum absolute atomic E-state index is 11.0. The van der Waals surface area contributed by atoms with E-state index in [1.807, 2.05) is 31.2 Å². The van der Waals surface area contributed by atoms with E-state index in [-0.39, 0.29) is 36.0 Å². The van der Waals surface area contributed by atoms with Gasteiger partial charge in [0.1, 0.15) is 11.5 Å². The Balaban J connectivity index is 0.00000289. The van der Waals surface area contributed by atoms with Crippen LogP contribution in [0.5, 0.6) is 5.75 Å². The molecule has 0 saturated carbocycles. The van der Waals surface area contributed by atoms with E-state index in [1.54, 1.807) is 0 Å². The first-order valence-corrected chi connectivity index (χ1v) is 10.8. The predicted octanol–water partition coefficient (Wildman–Crippen LogP) is 4.16. The number of nitrogens with zero attached hydrogens (tertiary/aromatic N) is 2. The number of rotatable bonds is 8. The number of fused-ring (bicyclic) bond motifs is 1. The van der Waals surface area contributed by atoms with Gasteiger partial charge in [-0.3, -0.25) is 4.79 Å². The first kappa shape index (κ1) is 24.4. The van der Waals surface area contributed by atoms with E-state index >= 15 is 0 Å². The third-order valence-electron chi connectivity index (χ3n) is 5.69. The summed E-state index contributed by atoms with van der Waals surface area (Å²) in [4.78, 5) is 17.8. The van der Waals surface area contributed by atoms with Crippen LogP contribution in [-0.4, -0.2) is 65.3 Å². The van der Waals surface area contributed by atoms with Gasteiger partial charge in [0.05, 0.1) is 18.7 Å².